The van der Waals surface area contributed by atoms with Crippen LogP contribution in [0.25, 0.3) is 27.7 Å². The van der Waals surface area contributed by atoms with Crippen LogP contribution >= 0.6 is 0 Å². The molecule has 0 saturated heterocycles. The summed E-state index contributed by atoms with van der Waals surface area (Å²) >= 11 is 0. The van der Waals surface area contributed by atoms with Crippen LogP contribution in [0.5, 0.6) is 0 Å². The van der Waals surface area contributed by atoms with Gasteiger partial charge in [-0.05, 0) is 30.3 Å². The molecule has 0 radical (unpaired) electrons. The Morgan fingerprint density at radius 3 is 2.74 bits per heavy atom. The van der Waals surface area contributed by atoms with Crippen LogP contribution in [0.1, 0.15) is 10.6 Å². The standard InChI is InChI=1S/C19H12N6O2/c26-18(17-21-11-22-25(17)13-6-2-1-3-7-13)24-19-23-16-14(27-19)9-8-12-5-4-10-20-15(12)16/h1-11H,(H,23,24,26). The third-order valence-electron chi connectivity index (χ3n) is 4.10. The topological polar surface area (TPSA) is 98.7 Å². The molecule has 0 bridgehead atoms. The van der Waals surface area contributed by atoms with Gasteiger partial charge in [-0.1, -0.05) is 24.3 Å². The summed E-state index contributed by atoms with van der Waals surface area (Å²) in [7, 11) is 0. The number of anilines is 1. The number of nitrogens with zero attached hydrogens (tertiary/aromatic N) is 5. The number of benzene rings is 2. The van der Waals surface area contributed by atoms with Crippen molar-refractivity contribution >= 4 is 33.9 Å². The Kier molecular flexibility index (Phi) is 3.39. The quantitative estimate of drug-likeness (QED) is 0.533. The predicted molar refractivity (Wildman–Crippen MR) is 98.6 cm³/mol. The molecular formula is C19H12N6O2. The molecule has 0 fully saturated rings. The summed E-state index contributed by atoms with van der Waals surface area (Å²) in [6.45, 7) is 0. The van der Waals surface area contributed by atoms with E-state index in [2.05, 4.69) is 25.4 Å². The molecule has 0 saturated carbocycles. The molecule has 130 valence electrons. The van der Waals surface area contributed by atoms with Crippen molar-refractivity contribution in [1.82, 2.24) is 24.7 Å². The van der Waals surface area contributed by atoms with E-state index in [4.69, 9.17) is 4.42 Å². The van der Waals surface area contributed by atoms with Crippen molar-refractivity contribution in [3.8, 4) is 5.69 Å². The number of hydrogen-bond acceptors (Lipinski definition) is 6. The molecule has 5 aromatic rings. The minimum Gasteiger partial charge on any atom is -0.423 e. The predicted octanol–water partition coefficient (Wildman–Crippen LogP) is 3.21. The first-order valence-electron chi connectivity index (χ1n) is 8.21. The molecule has 0 aliphatic carbocycles. The summed E-state index contributed by atoms with van der Waals surface area (Å²) < 4.78 is 7.10. The number of hydrogen-bond donors (Lipinski definition) is 1. The molecule has 2 aromatic carbocycles. The molecule has 0 aliphatic rings. The van der Waals surface area contributed by atoms with E-state index in [1.807, 2.05) is 48.5 Å². The Hall–Kier alpha value is -4.07. The fourth-order valence-electron chi connectivity index (χ4n) is 2.89. The zero-order valence-corrected chi connectivity index (χ0v) is 13.9. The third kappa shape index (κ3) is 2.60. The van der Waals surface area contributed by atoms with Crippen molar-refractivity contribution in [2.75, 3.05) is 5.32 Å². The van der Waals surface area contributed by atoms with Crippen molar-refractivity contribution in [3.05, 3.63) is 72.9 Å². The Morgan fingerprint density at radius 1 is 0.963 bits per heavy atom. The van der Waals surface area contributed by atoms with Gasteiger partial charge in [0.25, 0.3) is 5.91 Å². The lowest BCUT2D eigenvalue weighted by atomic mass is 10.2. The number of aromatic nitrogens is 5. The Morgan fingerprint density at radius 2 is 1.85 bits per heavy atom. The Balaban J connectivity index is 1.50. The molecular weight excluding hydrogens is 344 g/mol. The molecule has 8 heteroatoms. The number of amides is 1. The second kappa shape index (κ2) is 6.03. The van der Waals surface area contributed by atoms with E-state index >= 15 is 0 Å². The van der Waals surface area contributed by atoms with E-state index in [9.17, 15) is 4.79 Å². The summed E-state index contributed by atoms with van der Waals surface area (Å²) in [6, 6.07) is 16.8. The van der Waals surface area contributed by atoms with E-state index in [0.717, 1.165) is 11.1 Å². The smallest absolute Gasteiger partial charge is 0.302 e. The fraction of sp³-hybridized carbons (Fsp3) is 0. The molecule has 1 N–H and O–H groups in total. The molecule has 3 aromatic heterocycles. The second-order valence-electron chi connectivity index (χ2n) is 5.79. The highest BCUT2D eigenvalue weighted by Crippen LogP contribution is 2.26. The van der Waals surface area contributed by atoms with Gasteiger partial charge >= 0.3 is 6.01 Å². The number of carbonyl (C=O) groups excluding carboxylic acids is 1. The van der Waals surface area contributed by atoms with Gasteiger partial charge in [0.1, 0.15) is 11.8 Å². The molecule has 0 spiro atoms. The minimum absolute atomic E-state index is 0.0794. The maximum absolute atomic E-state index is 12.7. The molecule has 3 heterocycles. The first-order valence-corrected chi connectivity index (χ1v) is 8.21. The van der Waals surface area contributed by atoms with Gasteiger partial charge in [0.05, 0.1) is 11.2 Å². The lowest BCUT2D eigenvalue weighted by molar-refractivity contribution is 0.101. The van der Waals surface area contributed by atoms with Gasteiger partial charge in [-0.3, -0.25) is 15.1 Å². The summed E-state index contributed by atoms with van der Waals surface area (Å²) in [5, 5.41) is 7.70. The van der Waals surface area contributed by atoms with Gasteiger partial charge in [0, 0.05) is 11.6 Å². The van der Waals surface area contributed by atoms with E-state index in [-0.39, 0.29) is 11.8 Å². The van der Waals surface area contributed by atoms with Crippen LogP contribution in [0.4, 0.5) is 6.01 Å². The van der Waals surface area contributed by atoms with Gasteiger partial charge in [0.15, 0.2) is 5.58 Å². The van der Waals surface area contributed by atoms with Gasteiger partial charge in [-0.25, -0.2) is 9.67 Å². The number of carbonyl (C=O) groups is 1. The SMILES string of the molecule is O=C(Nc1nc2c(ccc3cccnc32)o1)c1ncnn1-c1ccccc1. The van der Waals surface area contributed by atoms with Crippen molar-refractivity contribution in [2.45, 2.75) is 0 Å². The zero-order chi connectivity index (χ0) is 18.2. The van der Waals surface area contributed by atoms with Gasteiger partial charge < -0.3 is 4.42 Å². The number of rotatable bonds is 3. The zero-order valence-electron chi connectivity index (χ0n) is 13.9. The van der Waals surface area contributed by atoms with Crippen LogP contribution in [0.3, 0.4) is 0 Å². The number of para-hydroxylation sites is 1. The number of pyridine rings is 1. The van der Waals surface area contributed by atoms with Crippen molar-refractivity contribution in [1.29, 1.82) is 0 Å². The normalized spacial score (nSPS) is 11.1. The summed E-state index contributed by atoms with van der Waals surface area (Å²) in [5.41, 5.74) is 2.58. The minimum atomic E-state index is -0.472. The molecule has 1 amide bonds. The number of fused-ring (bicyclic) bond motifs is 3. The maximum atomic E-state index is 12.7. The average Bonchev–Trinajstić information content (AvgIpc) is 3.35. The largest absolute Gasteiger partial charge is 0.423 e. The van der Waals surface area contributed by atoms with Gasteiger partial charge in [-0.2, -0.15) is 10.1 Å². The van der Waals surface area contributed by atoms with Crippen LogP contribution in [0.15, 0.2) is 71.5 Å². The van der Waals surface area contributed by atoms with Crippen LogP contribution < -0.4 is 5.32 Å². The van der Waals surface area contributed by atoms with Crippen LogP contribution in [0.2, 0.25) is 0 Å². The number of oxazole rings is 1. The van der Waals surface area contributed by atoms with Crippen LogP contribution in [0, 0.1) is 0 Å². The maximum Gasteiger partial charge on any atom is 0.302 e. The highest BCUT2D eigenvalue weighted by Gasteiger charge is 2.18. The second-order valence-corrected chi connectivity index (χ2v) is 5.79. The van der Waals surface area contributed by atoms with Crippen molar-refractivity contribution in [3.63, 3.8) is 0 Å². The summed E-state index contributed by atoms with van der Waals surface area (Å²) in [4.78, 5) is 25.4. The van der Waals surface area contributed by atoms with Crippen molar-refractivity contribution in [2.24, 2.45) is 0 Å². The average molecular weight is 356 g/mol. The Bertz CT molecular complexity index is 1280. The van der Waals surface area contributed by atoms with Crippen molar-refractivity contribution < 1.29 is 9.21 Å². The molecule has 0 unspecified atom stereocenters. The molecule has 0 atom stereocenters. The highest BCUT2D eigenvalue weighted by atomic mass is 16.4. The van der Waals surface area contributed by atoms with E-state index in [1.165, 1.54) is 11.0 Å². The van der Waals surface area contributed by atoms with Gasteiger partial charge in [-0.15, -0.1) is 0 Å². The monoisotopic (exact) mass is 356 g/mol. The highest BCUT2D eigenvalue weighted by molar-refractivity contribution is 6.04. The molecule has 0 aliphatic heterocycles. The summed E-state index contributed by atoms with van der Waals surface area (Å²) in [5.74, 6) is -0.341. The lowest BCUT2D eigenvalue weighted by Crippen LogP contribution is -2.18. The molecule has 8 nitrogen and oxygen atoms in total. The fourth-order valence-corrected chi connectivity index (χ4v) is 2.89. The number of nitrogens with one attached hydrogen (secondary N) is 1. The Labute approximate surface area is 152 Å². The van der Waals surface area contributed by atoms with Crippen LogP contribution in [-0.4, -0.2) is 30.6 Å². The first-order chi connectivity index (χ1) is 13.3. The van der Waals surface area contributed by atoms with Crippen LogP contribution in [-0.2, 0) is 0 Å². The van der Waals surface area contributed by atoms with E-state index in [1.54, 1.807) is 12.3 Å². The summed E-state index contributed by atoms with van der Waals surface area (Å²) in [6.07, 6.45) is 3.02. The van der Waals surface area contributed by atoms with E-state index in [0.29, 0.717) is 16.6 Å². The van der Waals surface area contributed by atoms with E-state index < -0.39 is 5.91 Å². The molecule has 5 rings (SSSR count). The third-order valence-corrected chi connectivity index (χ3v) is 4.10. The first kappa shape index (κ1) is 15.2. The molecule has 27 heavy (non-hydrogen) atoms. The lowest BCUT2D eigenvalue weighted by Gasteiger charge is -2.04. The van der Waals surface area contributed by atoms with Gasteiger partial charge in [0.2, 0.25) is 5.82 Å².